The topological polar surface area (TPSA) is 129 Å². The summed E-state index contributed by atoms with van der Waals surface area (Å²) >= 11 is 5.28. The van der Waals surface area contributed by atoms with Crippen LogP contribution < -0.4 is 20.6 Å². The number of thiocarbonyl (C=S) groups is 1. The van der Waals surface area contributed by atoms with Gasteiger partial charge in [0.05, 0.1) is 41.4 Å². The average molecular weight is 487 g/mol. The number of rotatable bonds is 9. The number of nitro groups is 1. The van der Waals surface area contributed by atoms with Crippen molar-refractivity contribution >= 4 is 29.0 Å². The van der Waals surface area contributed by atoms with Gasteiger partial charge in [0, 0.05) is 5.70 Å². The van der Waals surface area contributed by atoms with Crippen LogP contribution in [0.25, 0.3) is 0 Å². The Morgan fingerprint density at radius 3 is 2.47 bits per heavy atom. The predicted molar refractivity (Wildman–Crippen MR) is 129 cm³/mol. The number of hydrogen-bond donors (Lipinski definition) is 2. The lowest BCUT2D eigenvalue weighted by atomic mass is 9.93. The molecule has 2 aromatic rings. The fraction of sp³-hybridized carbons (Fsp3) is 0.304. The van der Waals surface area contributed by atoms with Crippen molar-refractivity contribution in [3.63, 3.8) is 0 Å². The quantitative estimate of drug-likeness (QED) is 0.179. The molecule has 0 amide bonds. The van der Waals surface area contributed by atoms with Crippen molar-refractivity contribution in [1.82, 2.24) is 10.3 Å². The van der Waals surface area contributed by atoms with E-state index in [0.717, 1.165) is 10.6 Å². The Bertz CT molecular complexity index is 1120. The number of carbonyl (C=O) groups is 1. The molecule has 0 aliphatic carbocycles. The lowest BCUT2D eigenvalue weighted by Gasteiger charge is -2.34. The number of hydrogen-bond acceptors (Lipinski definition) is 8. The van der Waals surface area contributed by atoms with Gasteiger partial charge in [-0.3, -0.25) is 15.1 Å². The normalized spacial score (nSPS) is 15.6. The molecule has 180 valence electrons. The first-order valence-corrected chi connectivity index (χ1v) is 11.0. The van der Waals surface area contributed by atoms with Gasteiger partial charge in [-0.2, -0.15) is 0 Å². The zero-order valence-electron chi connectivity index (χ0n) is 19.1. The van der Waals surface area contributed by atoms with E-state index in [2.05, 4.69) is 5.32 Å². The van der Waals surface area contributed by atoms with Crippen LogP contribution >= 0.6 is 12.2 Å². The van der Waals surface area contributed by atoms with E-state index in [-0.39, 0.29) is 40.9 Å². The van der Waals surface area contributed by atoms with Gasteiger partial charge < -0.3 is 19.5 Å². The van der Waals surface area contributed by atoms with Crippen LogP contribution in [0, 0.1) is 10.1 Å². The highest BCUT2D eigenvalue weighted by Crippen LogP contribution is 2.42. The molecule has 0 saturated heterocycles. The van der Waals surface area contributed by atoms with Gasteiger partial charge in [-0.05, 0) is 44.6 Å². The van der Waals surface area contributed by atoms with Gasteiger partial charge in [-0.1, -0.05) is 30.3 Å². The molecule has 3 rings (SSSR count). The largest absolute Gasteiger partial charge is 0.490 e. The van der Waals surface area contributed by atoms with Gasteiger partial charge in [-0.15, -0.1) is 0 Å². The van der Waals surface area contributed by atoms with Crippen LogP contribution in [0.3, 0.4) is 0 Å². The summed E-state index contributed by atoms with van der Waals surface area (Å²) in [5.74, 6) is 5.81. The number of benzene rings is 2. The number of nitrogens with one attached hydrogen (secondary N) is 1. The molecule has 0 aromatic heterocycles. The highest BCUT2D eigenvalue weighted by Gasteiger charge is 2.38. The van der Waals surface area contributed by atoms with E-state index >= 15 is 0 Å². The molecule has 10 nitrogen and oxygen atoms in total. The van der Waals surface area contributed by atoms with Crippen molar-refractivity contribution in [2.75, 3.05) is 13.2 Å². The standard InChI is InChI=1S/C23H26N4O6S/c1-4-31-18-11-16(21-20(22(28)32-5-2)14(3)26(24)23(34)25-21)17(27(29)30)12-19(18)33-13-15-9-7-6-8-10-15/h6-12,21H,4-5,13,24H2,1-3H3,(H,25,34)/t21-/m0/s1. The maximum Gasteiger partial charge on any atom is 0.338 e. The fourth-order valence-corrected chi connectivity index (χ4v) is 3.79. The van der Waals surface area contributed by atoms with Crippen molar-refractivity contribution in [2.45, 2.75) is 33.4 Å². The summed E-state index contributed by atoms with van der Waals surface area (Å²) in [6.07, 6.45) is 0. The minimum atomic E-state index is -0.978. The van der Waals surface area contributed by atoms with Crippen molar-refractivity contribution in [3.8, 4) is 11.5 Å². The Morgan fingerprint density at radius 2 is 1.85 bits per heavy atom. The van der Waals surface area contributed by atoms with Gasteiger partial charge in [0.2, 0.25) is 0 Å². The Balaban J connectivity index is 2.12. The third-order valence-electron chi connectivity index (χ3n) is 5.16. The first-order chi connectivity index (χ1) is 16.3. The van der Waals surface area contributed by atoms with Crippen LogP contribution in [0.2, 0.25) is 0 Å². The van der Waals surface area contributed by atoms with Crippen molar-refractivity contribution in [1.29, 1.82) is 0 Å². The molecular formula is C23H26N4O6S. The number of allylic oxidation sites excluding steroid dienone is 1. The zero-order chi connectivity index (χ0) is 24.8. The monoisotopic (exact) mass is 486 g/mol. The molecule has 0 fully saturated rings. The van der Waals surface area contributed by atoms with Crippen LogP contribution in [0.15, 0.2) is 53.7 Å². The van der Waals surface area contributed by atoms with Gasteiger partial charge in [0.1, 0.15) is 6.61 Å². The summed E-state index contributed by atoms with van der Waals surface area (Å²) in [5, 5.41) is 16.2. The fourth-order valence-electron chi connectivity index (χ4n) is 3.53. The molecular weight excluding hydrogens is 460 g/mol. The molecule has 0 bridgehead atoms. The van der Waals surface area contributed by atoms with E-state index in [1.54, 1.807) is 20.8 Å². The smallest absolute Gasteiger partial charge is 0.338 e. The summed E-state index contributed by atoms with van der Waals surface area (Å²) in [6.45, 7) is 5.66. The number of nitrogens with zero attached hydrogens (tertiary/aromatic N) is 2. The number of carbonyl (C=O) groups excluding carboxylic acids is 1. The lowest BCUT2D eigenvalue weighted by Crippen LogP contribution is -2.51. The summed E-state index contributed by atoms with van der Waals surface area (Å²) in [4.78, 5) is 24.3. The van der Waals surface area contributed by atoms with E-state index in [4.69, 9.17) is 32.3 Å². The molecule has 1 atom stereocenters. The van der Waals surface area contributed by atoms with Gasteiger partial charge in [0.15, 0.2) is 16.6 Å². The van der Waals surface area contributed by atoms with Crippen molar-refractivity contribution < 1.29 is 23.9 Å². The SMILES string of the molecule is CCOC(=O)C1=C(C)N(N)C(=S)N[C@H]1c1cc(OCC)c(OCc2ccccc2)cc1[N+](=O)[O-]. The predicted octanol–water partition coefficient (Wildman–Crippen LogP) is 3.51. The third kappa shape index (κ3) is 5.26. The summed E-state index contributed by atoms with van der Waals surface area (Å²) < 4.78 is 16.8. The zero-order valence-corrected chi connectivity index (χ0v) is 19.9. The van der Waals surface area contributed by atoms with E-state index in [9.17, 15) is 14.9 Å². The number of ether oxygens (including phenoxy) is 3. The van der Waals surface area contributed by atoms with Crippen molar-refractivity contribution in [2.24, 2.45) is 5.84 Å². The Kier molecular flexibility index (Phi) is 8.03. The van der Waals surface area contributed by atoms with E-state index in [1.165, 1.54) is 12.1 Å². The highest BCUT2D eigenvalue weighted by atomic mass is 32.1. The first-order valence-electron chi connectivity index (χ1n) is 10.6. The molecule has 0 saturated carbocycles. The number of nitro benzene ring substituents is 1. The molecule has 34 heavy (non-hydrogen) atoms. The summed E-state index contributed by atoms with van der Waals surface area (Å²) in [7, 11) is 0. The molecule has 1 aliphatic rings. The van der Waals surface area contributed by atoms with E-state index in [1.807, 2.05) is 30.3 Å². The second-order valence-electron chi connectivity index (χ2n) is 7.29. The highest BCUT2D eigenvalue weighted by molar-refractivity contribution is 7.80. The second kappa shape index (κ2) is 10.9. The Morgan fingerprint density at radius 1 is 1.18 bits per heavy atom. The minimum Gasteiger partial charge on any atom is -0.490 e. The van der Waals surface area contributed by atoms with E-state index < -0.39 is 16.9 Å². The van der Waals surface area contributed by atoms with Gasteiger partial charge in [-0.25, -0.2) is 10.6 Å². The number of esters is 1. The molecule has 0 unspecified atom stereocenters. The Hall–Kier alpha value is -3.70. The van der Waals surface area contributed by atoms with Crippen LogP contribution in [0.1, 0.15) is 37.9 Å². The lowest BCUT2D eigenvalue weighted by molar-refractivity contribution is -0.385. The van der Waals surface area contributed by atoms with Crippen LogP contribution in [-0.2, 0) is 16.1 Å². The molecule has 2 aromatic carbocycles. The van der Waals surface area contributed by atoms with Crippen LogP contribution in [0.4, 0.5) is 5.69 Å². The van der Waals surface area contributed by atoms with Crippen LogP contribution in [-0.4, -0.2) is 34.2 Å². The van der Waals surface area contributed by atoms with Crippen LogP contribution in [0.5, 0.6) is 11.5 Å². The maximum atomic E-state index is 12.8. The average Bonchev–Trinajstić information content (AvgIpc) is 2.82. The molecule has 11 heteroatoms. The number of nitrogens with two attached hydrogens (primary N) is 1. The molecule has 0 radical (unpaired) electrons. The first kappa shape index (κ1) is 24.9. The molecule has 1 aliphatic heterocycles. The van der Waals surface area contributed by atoms with E-state index in [0.29, 0.717) is 18.1 Å². The van der Waals surface area contributed by atoms with Gasteiger partial charge in [0.25, 0.3) is 5.69 Å². The molecule has 3 N–H and O–H groups in total. The third-order valence-corrected chi connectivity index (χ3v) is 5.47. The number of hydrazine groups is 1. The maximum absolute atomic E-state index is 12.8. The molecule has 1 heterocycles. The minimum absolute atomic E-state index is 0.104. The van der Waals surface area contributed by atoms with Crippen molar-refractivity contribution in [3.05, 3.63) is 75.0 Å². The van der Waals surface area contributed by atoms with Gasteiger partial charge >= 0.3 is 5.97 Å². The second-order valence-corrected chi connectivity index (χ2v) is 7.68. The molecule has 0 spiro atoms. The summed E-state index contributed by atoms with van der Waals surface area (Å²) in [5.41, 5.74) is 1.22. The summed E-state index contributed by atoms with van der Waals surface area (Å²) in [6, 6.07) is 11.2. The Labute approximate surface area is 202 Å².